The molecule has 0 amide bonds. The number of rotatable bonds is 6. The van der Waals surface area contributed by atoms with Gasteiger partial charge in [0.15, 0.2) is 0 Å². The molecular formula is C14H28O2. The van der Waals surface area contributed by atoms with Crippen LogP contribution < -0.4 is 0 Å². The van der Waals surface area contributed by atoms with Crippen molar-refractivity contribution in [1.82, 2.24) is 0 Å². The molecule has 0 saturated heterocycles. The highest BCUT2D eigenvalue weighted by Gasteiger charge is 2.40. The molecule has 1 rings (SSSR count). The summed E-state index contributed by atoms with van der Waals surface area (Å²) in [5, 5.41) is 10.3. The van der Waals surface area contributed by atoms with Crippen molar-refractivity contribution in [3.05, 3.63) is 0 Å². The van der Waals surface area contributed by atoms with Crippen LogP contribution >= 0.6 is 0 Å². The first-order chi connectivity index (χ1) is 7.64. The molecular weight excluding hydrogens is 200 g/mol. The molecule has 0 heterocycles. The van der Waals surface area contributed by atoms with Crippen molar-refractivity contribution in [2.45, 2.75) is 76.9 Å². The molecule has 1 N–H and O–H groups in total. The normalized spacial score (nSPS) is 32.6. The van der Waals surface area contributed by atoms with Crippen molar-refractivity contribution < 1.29 is 9.84 Å². The summed E-state index contributed by atoms with van der Waals surface area (Å²) in [7, 11) is 1.76. The molecule has 96 valence electrons. The van der Waals surface area contributed by atoms with Gasteiger partial charge in [0.1, 0.15) is 0 Å². The van der Waals surface area contributed by atoms with Gasteiger partial charge in [-0.15, -0.1) is 0 Å². The van der Waals surface area contributed by atoms with Gasteiger partial charge in [0.2, 0.25) is 0 Å². The van der Waals surface area contributed by atoms with Gasteiger partial charge >= 0.3 is 0 Å². The van der Waals surface area contributed by atoms with Crippen molar-refractivity contribution in [1.29, 1.82) is 0 Å². The van der Waals surface area contributed by atoms with E-state index < -0.39 is 0 Å². The van der Waals surface area contributed by atoms with Gasteiger partial charge in [-0.05, 0) is 25.2 Å². The Morgan fingerprint density at radius 1 is 1.44 bits per heavy atom. The quantitative estimate of drug-likeness (QED) is 0.705. The minimum atomic E-state index is -0.271. The lowest BCUT2D eigenvalue weighted by atomic mass is 9.74. The Balaban J connectivity index is 2.49. The lowest BCUT2D eigenvalue weighted by Gasteiger charge is -2.42. The number of hydrogen-bond acceptors (Lipinski definition) is 2. The second-order valence-corrected chi connectivity index (χ2v) is 5.48. The average molecular weight is 228 g/mol. The molecule has 1 saturated carbocycles. The van der Waals surface area contributed by atoms with E-state index in [0.29, 0.717) is 5.92 Å². The van der Waals surface area contributed by atoms with Crippen LogP contribution in [0.15, 0.2) is 0 Å². The third-order valence-electron chi connectivity index (χ3n) is 4.09. The van der Waals surface area contributed by atoms with E-state index in [-0.39, 0.29) is 11.7 Å². The second-order valence-electron chi connectivity index (χ2n) is 5.48. The molecule has 0 aromatic carbocycles. The number of ether oxygens (including phenoxy) is 1. The minimum absolute atomic E-state index is 0.245. The van der Waals surface area contributed by atoms with Gasteiger partial charge in [-0.2, -0.15) is 0 Å². The van der Waals surface area contributed by atoms with Crippen LogP contribution in [0, 0.1) is 5.92 Å². The molecule has 16 heavy (non-hydrogen) atoms. The molecule has 0 spiro atoms. The highest BCUT2D eigenvalue weighted by Crippen LogP contribution is 2.38. The first-order valence-electron chi connectivity index (χ1n) is 6.88. The molecule has 0 bridgehead atoms. The SMILES string of the molecule is CCCCCC(O)C1(OC)CCCC(C)C1. The van der Waals surface area contributed by atoms with Crippen LogP contribution in [0.2, 0.25) is 0 Å². The van der Waals surface area contributed by atoms with Crippen LogP contribution in [-0.2, 0) is 4.74 Å². The van der Waals surface area contributed by atoms with Crippen LogP contribution in [0.5, 0.6) is 0 Å². The van der Waals surface area contributed by atoms with Crippen molar-refractivity contribution >= 4 is 0 Å². The predicted octanol–water partition coefficient (Wildman–Crippen LogP) is 3.52. The second kappa shape index (κ2) is 6.61. The summed E-state index contributed by atoms with van der Waals surface area (Å²) in [4.78, 5) is 0. The molecule has 0 aliphatic heterocycles. The maximum atomic E-state index is 10.3. The lowest BCUT2D eigenvalue weighted by Crippen LogP contribution is -2.47. The monoisotopic (exact) mass is 228 g/mol. The van der Waals surface area contributed by atoms with E-state index in [1.54, 1.807) is 7.11 Å². The van der Waals surface area contributed by atoms with Gasteiger partial charge in [-0.3, -0.25) is 0 Å². The summed E-state index contributed by atoms with van der Waals surface area (Å²) in [6.45, 7) is 4.47. The maximum Gasteiger partial charge on any atom is 0.0938 e. The summed E-state index contributed by atoms with van der Waals surface area (Å²) >= 11 is 0. The number of unbranched alkanes of at least 4 members (excludes halogenated alkanes) is 2. The Hall–Kier alpha value is -0.0800. The standard InChI is InChI=1S/C14H28O2/c1-4-5-6-9-13(15)14(16-3)10-7-8-12(2)11-14/h12-13,15H,4-11H2,1-3H3. The molecule has 0 aromatic rings. The molecule has 2 heteroatoms. The smallest absolute Gasteiger partial charge is 0.0938 e. The van der Waals surface area contributed by atoms with Crippen molar-refractivity contribution in [3.63, 3.8) is 0 Å². The van der Waals surface area contributed by atoms with Crippen molar-refractivity contribution in [2.75, 3.05) is 7.11 Å². The van der Waals surface area contributed by atoms with Crippen molar-refractivity contribution in [3.8, 4) is 0 Å². The Morgan fingerprint density at radius 2 is 2.19 bits per heavy atom. The zero-order chi connectivity index (χ0) is 12.0. The van der Waals surface area contributed by atoms with E-state index in [2.05, 4.69) is 13.8 Å². The van der Waals surface area contributed by atoms with Crippen LogP contribution in [0.1, 0.15) is 65.2 Å². The summed E-state index contributed by atoms with van der Waals surface area (Å²) in [6, 6.07) is 0. The van der Waals surface area contributed by atoms with Crippen LogP contribution in [0.25, 0.3) is 0 Å². The van der Waals surface area contributed by atoms with Gasteiger partial charge in [0.05, 0.1) is 11.7 Å². The van der Waals surface area contributed by atoms with Gasteiger partial charge in [0, 0.05) is 7.11 Å². The third kappa shape index (κ3) is 3.46. The Bertz CT molecular complexity index is 193. The van der Waals surface area contributed by atoms with Gasteiger partial charge in [-0.25, -0.2) is 0 Å². The lowest BCUT2D eigenvalue weighted by molar-refractivity contribution is -0.134. The largest absolute Gasteiger partial charge is 0.390 e. The van der Waals surface area contributed by atoms with Gasteiger partial charge in [-0.1, -0.05) is 46.0 Å². The predicted molar refractivity (Wildman–Crippen MR) is 67.5 cm³/mol. The summed E-state index contributed by atoms with van der Waals surface area (Å²) in [6.07, 6.45) is 8.71. The zero-order valence-corrected chi connectivity index (χ0v) is 11.2. The summed E-state index contributed by atoms with van der Waals surface area (Å²) in [5.74, 6) is 0.689. The van der Waals surface area contributed by atoms with Crippen LogP contribution in [0.4, 0.5) is 0 Å². The minimum Gasteiger partial charge on any atom is -0.390 e. The topological polar surface area (TPSA) is 29.5 Å². The number of methoxy groups -OCH3 is 1. The average Bonchev–Trinajstić information content (AvgIpc) is 2.29. The maximum absolute atomic E-state index is 10.3. The van der Waals surface area contributed by atoms with Crippen molar-refractivity contribution in [2.24, 2.45) is 5.92 Å². The van der Waals surface area contributed by atoms with E-state index in [1.807, 2.05) is 0 Å². The Labute approximate surface area is 100 Å². The van der Waals surface area contributed by atoms with Crippen LogP contribution in [0.3, 0.4) is 0 Å². The van der Waals surface area contributed by atoms with E-state index in [0.717, 1.165) is 25.7 Å². The molecule has 3 unspecified atom stereocenters. The fourth-order valence-electron chi connectivity index (χ4n) is 3.02. The third-order valence-corrected chi connectivity index (χ3v) is 4.09. The highest BCUT2D eigenvalue weighted by atomic mass is 16.5. The number of hydrogen-bond donors (Lipinski definition) is 1. The first kappa shape index (κ1) is 14.0. The molecule has 1 fully saturated rings. The summed E-state index contributed by atoms with van der Waals surface area (Å²) in [5.41, 5.74) is -0.245. The van der Waals surface area contributed by atoms with Gasteiger partial charge < -0.3 is 9.84 Å². The van der Waals surface area contributed by atoms with E-state index >= 15 is 0 Å². The van der Waals surface area contributed by atoms with E-state index in [9.17, 15) is 5.11 Å². The molecule has 1 aliphatic carbocycles. The Kier molecular flexibility index (Phi) is 5.77. The molecule has 0 radical (unpaired) electrons. The Morgan fingerprint density at radius 3 is 2.75 bits per heavy atom. The highest BCUT2D eigenvalue weighted by molar-refractivity contribution is 4.92. The zero-order valence-electron chi connectivity index (χ0n) is 11.2. The number of aliphatic hydroxyl groups excluding tert-OH is 1. The summed E-state index contributed by atoms with van der Waals surface area (Å²) < 4.78 is 5.69. The molecule has 1 aliphatic rings. The fourth-order valence-corrected chi connectivity index (χ4v) is 3.02. The molecule has 2 nitrogen and oxygen atoms in total. The molecule has 3 atom stereocenters. The van der Waals surface area contributed by atoms with E-state index in [4.69, 9.17) is 4.74 Å². The number of aliphatic hydroxyl groups is 1. The van der Waals surface area contributed by atoms with Crippen LogP contribution in [-0.4, -0.2) is 23.9 Å². The van der Waals surface area contributed by atoms with E-state index in [1.165, 1.54) is 25.7 Å². The van der Waals surface area contributed by atoms with Gasteiger partial charge in [0.25, 0.3) is 0 Å². The molecule has 0 aromatic heterocycles. The first-order valence-corrected chi connectivity index (χ1v) is 6.88. The fraction of sp³-hybridized carbons (Fsp3) is 1.00.